The van der Waals surface area contributed by atoms with Crippen molar-refractivity contribution in [1.82, 2.24) is 15.0 Å². The zero-order valence-electron chi connectivity index (χ0n) is 19.6. The summed E-state index contributed by atoms with van der Waals surface area (Å²) in [5.74, 6) is -1.24. The minimum atomic E-state index is -0.712. The third-order valence-electron chi connectivity index (χ3n) is 6.14. The van der Waals surface area contributed by atoms with Crippen LogP contribution in [0.25, 0.3) is 11.1 Å². The number of nitrogens with zero attached hydrogens (tertiary/aromatic N) is 5. The highest BCUT2D eigenvalue weighted by Crippen LogP contribution is 2.39. The first-order valence-corrected chi connectivity index (χ1v) is 11.3. The number of hydrogen-bond acceptors (Lipinski definition) is 8. The fourth-order valence-electron chi connectivity index (χ4n) is 4.59. The predicted octanol–water partition coefficient (Wildman–Crippen LogP) is 5.13. The van der Waals surface area contributed by atoms with Crippen LogP contribution in [-0.4, -0.2) is 25.6 Å². The van der Waals surface area contributed by atoms with Gasteiger partial charge in [-0.1, -0.05) is 17.3 Å². The molecule has 1 unspecified atom stereocenters. The van der Waals surface area contributed by atoms with E-state index in [-0.39, 0.29) is 28.9 Å². The summed E-state index contributed by atoms with van der Waals surface area (Å²) in [5, 5.41) is 15.4. The lowest BCUT2D eigenvalue weighted by Crippen LogP contribution is -2.24. The summed E-state index contributed by atoms with van der Waals surface area (Å²) in [6.07, 6.45) is 2.07. The Morgan fingerprint density at radius 2 is 1.92 bits per heavy atom. The molecule has 2 N–H and O–H groups in total. The van der Waals surface area contributed by atoms with Crippen molar-refractivity contribution in [2.75, 3.05) is 5.73 Å². The molecule has 0 aliphatic heterocycles. The molecule has 0 saturated heterocycles. The molecule has 2 heterocycles. The van der Waals surface area contributed by atoms with E-state index in [9.17, 15) is 18.9 Å². The number of non-ortho nitro benzene ring substituents is 1. The largest absolute Gasteiger partial charge is 0.368 e. The van der Waals surface area contributed by atoms with Gasteiger partial charge in [0.2, 0.25) is 11.9 Å². The van der Waals surface area contributed by atoms with Gasteiger partial charge < -0.3 is 10.6 Å². The smallest absolute Gasteiger partial charge is 0.273 e. The molecule has 4 aromatic rings. The number of pyridine rings is 1. The van der Waals surface area contributed by atoms with Gasteiger partial charge in [-0.2, -0.15) is 4.39 Å². The standard InChI is InChI=1S/C26H20F2N6O3/c1-14-24-22(32-26(29)31-14)10-15(11-23(24)33-37-18-5-2-4-17(13-18)34(35)36)19-8-7-16(27)12-21(19)20-6-3-9-30-25(20)28/h2-9,12-13,15H,10-11H2,1H3,(H2,29,31,32). The van der Waals surface area contributed by atoms with Gasteiger partial charge in [0.1, 0.15) is 5.82 Å². The molecule has 0 radical (unpaired) electrons. The maximum atomic E-state index is 14.6. The Bertz CT molecular complexity index is 1560. The molecule has 1 aliphatic rings. The zero-order valence-corrected chi connectivity index (χ0v) is 19.6. The van der Waals surface area contributed by atoms with Crippen LogP contribution < -0.4 is 10.6 Å². The molecule has 11 heteroatoms. The number of fused-ring (bicyclic) bond motifs is 1. The number of aromatic nitrogens is 3. The second-order valence-corrected chi connectivity index (χ2v) is 8.55. The van der Waals surface area contributed by atoms with Crippen molar-refractivity contribution in [3.8, 4) is 16.9 Å². The van der Waals surface area contributed by atoms with E-state index < -0.39 is 16.7 Å². The van der Waals surface area contributed by atoms with Gasteiger partial charge >= 0.3 is 0 Å². The number of nitro benzene ring substituents is 1. The summed E-state index contributed by atoms with van der Waals surface area (Å²) < 4.78 is 28.9. The molecule has 0 fully saturated rings. The van der Waals surface area contributed by atoms with E-state index in [1.165, 1.54) is 36.5 Å². The van der Waals surface area contributed by atoms with E-state index in [2.05, 4.69) is 20.1 Å². The lowest BCUT2D eigenvalue weighted by Gasteiger charge is -2.28. The lowest BCUT2D eigenvalue weighted by molar-refractivity contribution is -0.384. The molecule has 1 atom stereocenters. The summed E-state index contributed by atoms with van der Waals surface area (Å²) in [7, 11) is 0. The first kappa shape index (κ1) is 23.9. The number of anilines is 1. The molecule has 2 aromatic heterocycles. The van der Waals surface area contributed by atoms with E-state index in [4.69, 9.17) is 10.6 Å². The average molecular weight is 502 g/mol. The number of nitrogens with two attached hydrogens (primary N) is 1. The van der Waals surface area contributed by atoms with Crippen LogP contribution in [0, 0.1) is 28.8 Å². The van der Waals surface area contributed by atoms with Gasteiger partial charge in [-0.05, 0) is 60.7 Å². The van der Waals surface area contributed by atoms with Crippen molar-refractivity contribution in [2.24, 2.45) is 5.16 Å². The number of rotatable bonds is 5. The van der Waals surface area contributed by atoms with Crippen molar-refractivity contribution in [2.45, 2.75) is 25.7 Å². The van der Waals surface area contributed by atoms with E-state index in [1.807, 2.05) is 0 Å². The number of nitrogen functional groups attached to an aromatic ring is 1. The van der Waals surface area contributed by atoms with Crippen molar-refractivity contribution in [3.63, 3.8) is 0 Å². The van der Waals surface area contributed by atoms with Crippen LogP contribution in [0.2, 0.25) is 0 Å². The first-order valence-electron chi connectivity index (χ1n) is 11.3. The molecular weight excluding hydrogens is 482 g/mol. The van der Waals surface area contributed by atoms with Crippen LogP contribution in [-0.2, 0) is 6.42 Å². The fourth-order valence-corrected chi connectivity index (χ4v) is 4.59. The molecule has 9 nitrogen and oxygen atoms in total. The highest BCUT2D eigenvalue weighted by atomic mass is 19.1. The molecular formula is C26H20F2N6O3. The summed E-state index contributed by atoms with van der Waals surface area (Å²) in [5.41, 5.74) is 9.36. The molecule has 0 saturated carbocycles. The van der Waals surface area contributed by atoms with Gasteiger partial charge in [0.25, 0.3) is 5.69 Å². The predicted molar refractivity (Wildman–Crippen MR) is 132 cm³/mol. The number of benzene rings is 2. The van der Waals surface area contributed by atoms with Crippen LogP contribution in [0.1, 0.15) is 34.9 Å². The second kappa shape index (κ2) is 9.69. The molecule has 2 aromatic carbocycles. The highest BCUT2D eigenvalue weighted by Gasteiger charge is 2.31. The van der Waals surface area contributed by atoms with Crippen LogP contribution in [0.4, 0.5) is 20.4 Å². The second-order valence-electron chi connectivity index (χ2n) is 8.55. The molecule has 0 amide bonds. The lowest BCUT2D eigenvalue weighted by atomic mass is 9.78. The van der Waals surface area contributed by atoms with Crippen LogP contribution >= 0.6 is 0 Å². The quantitative estimate of drug-likeness (QED) is 0.227. The van der Waals surface area contributed by atoms with E-state index >= 15 is 0 Å². The van der Waals surface area contributed by atoms with Gasteiger partial charge in [0, 0.05) is 29.8 Å². The highest BCUT2D eigenvalue weighted by molar-refractivity contribution is 6.03. The zero-order chi connectivity index (χ0) is 26.1. The number of oxime groups is 1. The molecule has 37 heavy (non-hydrogen) atoms. The number of aryl methyl sites for hydroxylation is 1. The summed E-state index contributed by atoms with van der Waals surface area (Å²) >= 11 is 0. The molecule has 0 bridgehead atoms. The Morgan fingerprint density at radius 3 is 2.70 bits per heavy atom. The van der Waals surface area contributed by atoms with Crippen LogP contribution in [0.15, 0.2) is 65.9 Å². The SMILES string of the molecule is Cc1nc(N)nc2c1C(=NOc1cccc([N+](=O)[O-])c1)CC(c1ccc(F)cc1-c1cccnc1F)C2. The summed E-state index contributed by atoms with van der Waals surface area (Å²) in [4.78, 5) is 28.5. The van der Waals surface area contributed by atoms with Crippen molar-refractivity contribution in [1.29, 1.82) is 0 Å². The summed E-state index contributed by atoms with van der Waals surface area (Å²) in [6.45, 7) is 1.77. The molecule has 5 rings (SSSR count). The van der Waals surface area contributed by atoms with Gasteiger partial charge in [-0.3, -0.25) is 10.1 Å². The first-order chi connectivity index (χ1) is 17.8. The maximum Gasteiger partial charge on any atom is 0.273 e. The minimum Gasteiger partial charge on any atom is -0.368 e. The van der Waals surface area contributed by atoms with E-state index in [1.54, 1.807) is 31.2 Å². The average Bonchev–Trinajstić information content (AvgIpc) is 2.87. The van der Waals surface area contributed by atoms with Gasteiger partial charge in [0.05, 0.1) is 28.1 Å². The third kappa shape index (κ3) is 4.83. The number of hydrogen-bond donors (Lipinski definition) is 1. The number of halogens is 2. The molecule has 1 aliphatic carbocycles. The Labute approximate surface area is 209 Å². The Morgan fingerprint density at radius 1 is 1.08 bits per heavy atom. The summed E-state index contributed by atoms with van der Waals surface area (Å²) in [6, 6.07) is 13.0. The topological polar surface area (TPSA) is 129 Å². The Hall–Kier alpha value is -4.80. The Balaban J connectivity index is 1.59. The van der Waals surface area contributed by atoms with E-state index in [0.717, 1.165) is 0 Å². The van der Waals surface area contributed by atoms with Crippen molar-refractivity contribution < 1.29 is 18.5 Å². The third-order valence-corrected chi connectivity index (χ3v) is 6.14. The maximum absolute atomic E-state index is 14.6. The van der Waals surface area contributed by atoms with Gasteiger partial charge in [-0.25, -0.2) is 19.3 Å². The molecule has 0 spiro atoms. The van der Waals surface area contributed by atoms with Crippen molar-refractivity contribution >= 4 is 17.3 Å². The van der Waals surface area contributed by atoms with Crippen LogP contribution in [0.3, 0.4) is 0 Å². The van der Waals surface area contributed by atoms with Gasteiger partial charge in [-0.15, -0.1) is 0 Å². The fraction of sp³-hybridized carbons (Fsp3) is 0.154. The Kier molecular flexibility index (Phi) is 6.26. The number of nitro groups is 1. The minimum absolute atomic E-state index is 0.0912. The normalized spacial score (nSPS) is 15.9. The van der Waals surface area contributed by atoms with Crippen LogP contribution in [0.5, 0.6) is 5.75 Å². The van der Waals surface area contributed by atoms with Crippen molar-refractivity contribution in [3.05, 3.63) is 105 Å². The molecule has 186 valence electrons. The van der Waals surface area contributed by atoms with E-state index in [0.29, 0.717) is 46.6 Å². The van der Waals surface area contributed by atoms with Gasteiger partial charge in [0.15, 0.2) is 5.75 Å². The monoisotopic (exact) mass is 502 g/mol.